The highest BCUT2D eigenvalue weighted by atomic mass is 14.7. The second-order valence-corrected chi connectivity index (χ2v) is 4.17. The number of aliphatic imine (C=N–C) groups is 2. The maximum Gasteiger partial charge on any atom is 0.0385 e. The molecule has 0 saturated carbocycles. The Hall–Kier alpha value is -0.660. The van der Waals surface area contributed by atoms with Crippen LogP contribution in [0.1, 0.15) is 65.2 Å². The SMILES string of the molecule is CCCCN=CCCCCC=NCCCC. The van der Waals surface area contributed by atoms with Gasteiger partial charge in [0.1, 0.15) is 0 Å². The standard InChI is InChI=1S/C14H28N2/c1-3-5-11-15-13-9-7-8-10-14-16-12-6-4-2/h13-14H,3-12H2,1-2H3. The average Bonchev–Trinajstić information content (AvgIpc) is 2.31. The summed E-state index contributed by atoms with van der Waals surface area (Å²) in [4.78, 5) is 8.72. The van der Waals surface area contributed by atoms with E-state index in [0.29, 0.717) is 0 Å². The van der Waals surface area contributed by atoms with Crippen LogP contribution >= 0.6 is 0 Å². The Balaban J connectivity index is 3.08. The molecule has 0 aromatic heterocycles. The van der Waals surface area contributed by atoms with Gasteiger partial charge in [-0.3, -0.25) is 9.98 Å². The molecule has 0 bridgehead atoms. The molecule has 0 saturated heterocycles. The average molecular weight is 224 g/mol. The van der Waals surface area contributed by atoms with Gasteiger partial charge in [0.2, 0.25) is 0 Å². The normalized spacial score (nSPS) is 11.9. The molecule has 0 N–H and O–H groups in total. The molecule has 0 unspecified atom stereocenters. The third-order valence-corrected chi connectivity index (χ3v) is 2.46. The maximum absolute atomic E-state index is 4.36. The first kappa shape index (κ1) is 15.3. The van der Waals surface area contributed by atoms with E-state index in [0.717, 1.165) is 25.9 Å². The smallest absolute Gasteiger partial charge is 0.0385 e. The van der Waals surface area contributed by atoms with Gasteiger partial charge in [-0.05, 0) is 51.0 Å². The Morgan fingerprint density at radius 3 is 1.50 bits per heavy atom. The fourth-order valence-corrected chi connectivity index (χ4v) is 1.34. The summed E-state index contributed by atoms with van der Waals surface area (Å²) in [5.74, 6) is 0. The van der Waals surface area contributed by atoms with Gasteiger partial charge in [0.15, 0.2) is 0 Å². The van der Waals surface area contributed by atoms with Gasteiger partial charge in [0, 0.05) is 13.1 Å². The van der Waals surface area contributed by atoms with Crippen molar-refractivity contribution in [3.05, 3.63) is 0 Å². The minimum absolute atomic E-state index is 1.01. The van der Waals surface area contributed by atoms with Crippen molar-refractivity contribution in [3.8, 4) is 0 Å². The van der Waals surface area contributed by atoms with Crippen LogP contribution in [0.2, 0.25) is 0 Å². The van der Waals surface area contributed by atoms with Crippen LogP contribution in [-0.4, -0.2) is 25.5 Å². The van der Waals surface area contributed by atoms with Crippen LogP contribution in [0.3, 0.4) is 0 Å². The molecule has 0 aromatic rings. The predicted molar refractivity (Wildman–Crippen MR) is 75.0 cm³/mol. The molecule has 0 rings (SSSR count). The lowest BCUT2D eigenvalue weighted by Gasteiger charge is -1.94. The molecule has 0 aliphatic heterocycles. The van der Waals surface area contributed by atoms with Crippen molar-refractivity contribution in [2.45, 2.75) is 65.2 Å². The monoisotopic (exact) mass is 224 g/mol. The van der Waals surface area contributed by atoms with E-state index in [4.69, 9.17) is 0 Å². The van der Waals surface area contributed by atoms with E-state index in [-0.39, 0.29) is 0 Å². The molecule has 0 aliphatic rings. The zero-order valence-electron chi connectivity index (χ0n) is 11.1. The highest BCUT2D eigenvalue weighted by molar-refractivity contribution is 5.58. The highest BCUT2D eigenvalue weighted by Gasteiger charge is 1.85. The Morgan fingerprint density at radius 2 is 1.12 bits per heavy atom. The Morgan fingerprint density at radius 1 is 0.688 bits per heavy atom. The minimum Gasteiger partial charge on any atom is -0.298 e. The van der Waals surface area contributed by atoms with Crippen LogP contribution in [0.25, 0.3) is 0 Å². The molecule has 94 valence electrons. The first-order chi connectivity index (χ1) is 7.91. The van der Waals surface area contributed by atoms with E-state index in [2.05, 4.69) is 36.3 Å². The quantitative estimate of drug-likeness (QED) is 0.369. The molecular formula is C14H28N2. The summed E-state index contributed by atoms with van der Waals surface area (Å²) >= 11 is 0. The van der Waals surface area contributed by atoms with Crippen LogP contribution in [0.4, 0.5) is 0 Å². The second kappa shape index (κ2) is 14.3. The van der Waals surface area contributed by atoms with Gasteiger partial charge >= 0.3 is 0 Å². The number of unbranched alkanes of at least 4 members (excludes halogenated alkanes) is 5. The van der Waals surface area contributed by atoms with Crippen molar-refractivity contribution in [1.82, 2.24) is 0 Å². The van der Waals surface area contributed by atoms with Gasteiger partial charge in [-0.15, -0.1) is 0 Å². The second-order valence-electron chi connectivity index (χ2n) is 4.17. The molecule has 2 nitrogen and oxygen atoms in total. The van der Waals surface area contributed by atoms with Crippen LogP contribution in [0.15, 0.2) is 9.98 Å². The first-order valence-corrected chi connectivity index (χ1v) is 6.88. The van der Waals surface area contributed by atoms with Crippen molar-refractivity contribution in [2.24, 2.45) is 9.98 Å². The maximum atomic E-state index is 4.36. The fraction of sp³-hybridized carbons (Fsp3) is 0.857. The van der Waals surface area contributed by atoms with Crippen LogP contribution < -0.4 is 0 Å². The fourth-order valence-electron chi connectivity index (χ4n) is 1.34. The highest BCUT2D eigenvalue weighted by Crippen LogP contribution is 1.97. The van der Waals surface area contributed by atoms with Crippen molar-refractivity contribution in [1.29, 1.82) is 0 Å². The molecule has 0 amide bonds. The van der Waals surface area contributed by atoms with E-state index in [9.17, 15) is 0 Å². The molecule has 0 aliphatic carbocycles. The Labute approximate surface area is 101 Å². The summed E-state index contributed by atoms with van der Waals surface area (Å²) in [5.41, 5.74) is 0. The third-order valence-electron chi connectivity index (χ3n) is 2.46. The van der Waals surface area contributed by atoms with Crippen molar-refractivity contribution >= 4 is 12.4 Å². The molecule has 0 heterocycles. The van der Waals surface area contributed by atoms with E-state index >= 15 is 0 Å². The van der Waals surface area contributed by atoms with Crippen molar-refractivity contribution < 1.29 is 0 Å². The summed E-state index contributed by atoms with van der Waals surface area (Å²) in [7, 11) is 0. The largest absolute Gasteiger partial charge is 0.298 e. The number of hydrogen-bond acceptors (Lipinski definition) is 2. The van der Waals surface area contributed by atoms with Gasteiger partial charge in [0.05, 0.1) is 0 Å². The van der Waals surface area contributed by atoms with Gasteiger partial charge in [0.25, 0.3) is 0 Å². The Kier molecular flexibility index (Phi) is 13.7. The van der Waals surface area contributed by atoms with E-state index in [1.165, 1.54) is 38.5 Å². The minimum atomic E-state index is 1.01. The summed E-state index contributed by atoms with van der Waals surface area (Å²) in [6, 6.07) is 0. The van der Waals surface area contributed by atoms with E-state index < -0.39 is 0 Å². The topological polar surface area (TPSA) is 24.7 Å². The summed E-state index contributed by atoms with van der Waals surface area (Å²) < 4.78 is 0. The van der Waals surface area contributed by atoms with E-state index in [1.807, 2.05) is 0 Å². The number of nitrogens with zero attached hydrogens (tertiary/aromatic N) is 2. The molecule has 16 heavy (non-hydrogen) atoms. The number of rotatable bonds is 11. The van der Waals surface area contributed by atoms with Gasteiger partial charge in [-0.1, -0.05) is 26.7 Å². The molecule has 0 fully saturated rings. The molecule has 2 heteroatoms. The lowest BCUT2D eigenvalue weighted by atomic mass is 10.2. The van der Waals surface area contributed by atoms with Crippen LogP contribution in [-0.2, 0) is 0 Å². The molecule has 0 spiro atoms. The lowest BCUT2D eigenvalue weighted by Crippen LogP contribution is -1.85. The lowest BCUT2D eigenvalue weighted by molar-refractivity contribution is 0.781. The first-order valence-electron chi connectivity index (χ1n) is 6.88. The van der Waals surface area contributed by atoms with Gasteiger partial charge in [-0.2, -0.15) is 0 Å². The zero-order chi connectivity index (χ0) is 11.9. The predicted octanol–water partition coefficient (Wildman–Crippen LogP) is 4.29. The van der Waals surface area contributed by atoms with Gasteiger partial charge < -0.3 is 0 Å². The van der Waals surface area contributed by atoms with Crippen molar-refractivity contribution in [2.75, 3.05) is 13.1 Å². The molecular weight excluding hydrogens is 196 g/mol. The van der Waals surface area contributed by atoms with Crippen LogP contribution in [0.5, 0.6) is 0 Å². The third kappa shape index (κ3) is 13.3. The van der Waals surface area contributed by atoms with Gasteiger partial charge in [-0.25, -0.2) is 0 Å². The summed E-state index contributed by atoms with van der Waals surface area (Å²) in [6.07, 6.45) is 13.9. The molecule has 0 atom stereocenters. The molecule has 0 aromatic carbocycles. The summed E-state index contributed by atoms with van der Waals surface area (Å²) in [6.45, 7) is 6.42. The molecule has 0 radical (unpaired) electrons. The van der Waals surface area contributed by atoms with Crippen molar-refractivity contribution in [3.63, 3.8) is 0 Å². The Bertz CT molecular complexity index is 154. The zero-order valence-corrected chi connectivity index (χ0v) is 11.1. The van der Waals surface area contributed by atoms with Crippen LogP contribution in [0, 0.1) is 0 Å². The number of hydrogen-bond donors (Lipinski definition) is 0. The summed E-state index contributed by atoms with van der Waals surface area (Å²) in [5, 5.41) is 0. The van der Waals surface area contributed by atoms with E-state index in [1.54, 1.807) is 0 Å².